The standard InChI is InChI=1S/C19H13F4N3O/c20-13-3-1-4-15(11-13)25-17-16(5-2-10-24-17)18(27)26-14-8-6-12(7-9-14)19(21,22)23/h1-11H,(H,24,25)(H,26,27). The van der Waals surface area contributed by atoms with Crippen LogP contribution >= 0.6 is 0 Å². The Morgan fingerprint density at radius 2 is 1.67 bits per heavy atom. The first-order valence-electron chi connectivity index (χ1n) is 7.79. The second kappa shape index (κ2) is 7.45. The third-order valence-corrected chi connectivity index (χ3v) is 3.61. The molecule has 138 valence electrons. The molecule has 3 aromatic rings. The Labute approximate surface area is 151 Å². The summed E-state index contributed by atoms with van der Waals surface area (Å²) >= 11 is 0. The van der Waals surface area contributed by atoms with Gasteiger partial charge in [0, 0.05) is 17.6 Å². The second-order valence-electron chi connectivity index (χ2n) is 5.56. The summed E-state index contributed by atoms with van der Waals surface area (Å²) < 4.78 is 51.1. The van der Waals surface area contributed by atoms with E-state index in [0.717, 1.165) is 24.3 Å². The van der Waals surface area contributed by atoms with Crippen LogP contribution < -0.4 is 10.6 Å². The predicted molar refractivity (Wildman–Crippen MR) is 93.3 cm³/mol. The lowest BCUT2D eigenvalue weighted by molar-refractivity contribution is -0.137. The normalized spacial score (nSPS) is 11.1. The molecule has 4 nitrogen and oxygen atoms in total. The number of carbonyl (C=O) groups is 1. The number of carbonyl (C=O) groups excluding carboxylic acids is 1. The van der Waals surface area contributed by atoms with E-state index in [-0.39, 0.29) is 17.1 Å². The van der Waals surface area contributed by atoms with Crippen molar-refractivity contribution in [1.82, 2.24) is 4.98 Å². The number of alkyl halides is 3. The van der Waals surface area contributed by atoms with Crippen LogP contribution in [-0.4, -0.2) is 10.9 Å². The summed E-state index contributed by atoms with van der Waals surface area (Å²) in [6, 6.07) is 12.8. The van der Waals surface area contributed by atoms with Crippen molar-refractivity contribution in [2.75, 3.05) is 10.6 Å². The highest BCUT2D eigenvalue weighted by Gasteiger charge is 2.30. The Morgan fingerprint density at radius 3 is 2.33 bits per heavy atom. The van der Waals surface area contributed by atoms with Crippen LogP contribution in [0.4, 0.5) is 34.8 Å². The maximum absolute atomic E-state index is 13.3. The number of hydrogen-bond donors (Lipinski definition) is 2. The van der Waals surface area contributed by atoms with Crippen LogP contribution in [0.1, 0.15) is 15.9 Å². The minimum Gasteiger partial charge on any atom is -0.339 e. The zero-order valence-corrected chi connectivity index (χ0v) is 13.7. The SMILES string of the molecule is O=C(Nc1ccc(C(F)(F)F)cc1)c1cccnc1Nc1cccc(F)c1. The van der Waals surface area contributed by atoms with Crippen molar-refractivity contribution >= 4 is 23.1 Å². The Morgan fingerprint density at radius 1 is 0.926 bits per heavy atom. The molecule has 0 spiro atoms. The van der Waals surface area contributed by atoms with E-state index in [1.807, 2.05) is 0 Å². The minimum absolute atomic E-state index is 0.154. The smallest absolute Gasteiger partial charge is 0.339 e. The topological polar surface area (TPSA) is 54.0 Å². The molecule has 0 unspecified atom stereocenters. The molecule has 1 amide bonds. The summed E-state index contributed by atoms with van der Waals surface area (Å²) in [6.07, 6.45) is -3.00. The Kier molecular flexibility index (Phi) is 5.07. The summed E-state index contributed by atoms with van der Waals surface area (Å²) in [6.45, 7) is 0. The third-order valence-electron chi connectivity index (χ3n) is 3.61. The molecule has 0 aliphatic heterocycles. The van der Waals surface area contributed by atoms with Gasteiger partial charge in [-0.2, -0.15) is 13.2 Å². The predicted octanol–water partition coefficient (Wildman–Crippen LogP) is 5.24. The molecule has 0 saturated carbocycles. The fraction of sp³-hybridized carbons (Fsp3) is 0.0526. The number of anilines is 3. The fourth-order valence-corrected chi connectivity index (χ4v) is 2.33. The quantitative estimate of drug-likeness (QED) is 0.614. The van der Waals surface area contributed by atoms with Gasteiger partial charge >= 0.3 is 6.18 Å². The molecule has 0 radical (unpaired) electrons. The largest absolute Gasteiger partial charge is 0.416 e. The summed E-state index contributed by atoms with van der Waals surface area (Å²) in [5.41, 5.74) is -0.0529. The van der Waals surface area contributed by atoms with Crippen molar-refractivity contribution in [2.45, 2.75) is 6.18 Å². The van der Waals surface area contributed by atoms with E-state index in [0.29, 0.717) is 5.69 Å². The molecule has 0 fully saturated rings. The average molecular weight is 375 g/mol. The van der Waals surface area contributed by atoms with Crippen LogP contribution in [0.15, 0.2) is 66.9 Å². The van der Waals surface area contributed by atoms with E-state index in [4.69, 9.17) is 0 Å². The summed E-state index contributed by atoms with van der Waals surface area (Å²) in [5, 5.41) is 5.36. The number of rotatable bonds is 4. The van der Waals surface area contributed by atoms with Crippen LogP contribution in [0.25, 0.3) is 0 Å². The third kappa shape index (κ3) is 4.60. The lowest BCUT2D eigenvalue weighted by atomic mass is 10.2. The number of pyridine rings is 1. The van der Waals surface area contributed by atoms with E-state index in [2.05, 4.69) is 15.6 Å². The lowest BCUT2D eigenvalue weighted by Crippen LogP contribution is -2.15. The van der Waals surface area contributed by atoms with Gasteiger partial charge in [0.1, 0.15) is 11.6 Å². The van der Waals surface area contributed by atoms with Crippen molar-refractivity contribution in [3.63, 3.8) is 0 Å². The van der Waals surface area contributed by atoms with Gasteiger partial charge in [-0.15, -0.1) is 0 Å². The number of nitrogens with zero attached hydrogens (tertiary/aromatic N) is 1. The van der Waals surface area contributed by atoms with E-state index in [1.165, 1.54) is 30.5 Å². The maximum atomic E-state index is 13.3. The van der Waals surface area contributed by atoms with Crippen molar-refractivity contribution in [3.8, 4) is 0 Å². The van der Waals surface area contributed by atoms with Crippen LogP contribution in [0.2, 0.25) is 0 Å². The van der Waals surface area contributed by atoms with Gasteiger partial charge in [-0.1, -0.05) is 6.07 Å². The van der Waals surface area contributed by atoms with Gasteiger partial charge in [0.05, 0.1) is 11.1 Å². The molecule has 0 aliphatic carbocycles. The molecule has 0 atom stereocenters. The van der Waals surface area contributed by atoms with Gasteiger partial charge in [0.25, 0.3) is 5.91 Å². The molecule has 0 bridgehead atoms. The number of aromatic nitrogens is 1. The van der Waals surface area contributed by atoms with Crippen molar-refractivity contribution in [3.05, 3.63) is 83.8 Å². The molecular formula is C19H13F4N3O. The second-order valence-corrected chi connectivity index (χ2v) is 5.56. The molecule has 0 aliphatic rings. The van der Waals surface area contributed by atoms with Gasteiger partial charge in [-0.05, 0) is 54.6 Å². The van der Waals surface area contributed by atoms with Crippen molar-refractivity contribution in [2.24, 2.45) is 0 Å². The number of benzene rings is 2. The highest BCUT2D eigenvalue weighted by molar-refractivity contribution is 6.07. The van der Waals surface area contributed by atoms with Gasteiger partial charge < -0.3 is 10.6 Å². The van der Waals surface area contributed by atoms with E-state index >= 15 is 0 Å². The molecule has 8 heteroatoms. The van der Waals surface area contributed by atoms with E-state index in [9.17, 15) is 22.4 Å². The molecule has 2 aromatic carbocycles. The molecule has 0 saturated heterocycles. The first kappa shape index (κ1) is 18.4. The van der Waals surface area contributed by atoms with E-state index < -0.39 is 23.5 Å². The van der Waals surface area contributed by atoms with Gasteiger partial charge in [-0.3, -0.25) is 4.79 Å². The monoisotopic (exact) mass is 375 g/mol. The average Bonchev–Trinajstić information content (AvgIpc) is 2.62. The Hall–Kier alpha value is -3.42. The molecule has 1 heterocycles. The van der Waals surface area contributed by atoms with Gasteiger partial charge in [-0.25, -0.2) is 9.37 Å². The van der Waals surface area contributed by atoms with Gasteiger partial charge in [0.2, 0.25) is 0 Å². The van der Waals surface area contributed by atoms with Crippen LogP contribution in [-0.2, 0) is 6.18 Å². The van der Waals surface area contributed by atoms with Crippen LogP contribution in [0.5, 0.6) is 0 Å². The van der Waals surface area contributed by atoms with Gasteiger partial charge in [0.15, 0.2) is 0 Å². The Balaban J connectivity index is 1.79. The number of hydrogen-bond acceptors (Lipinski definition) is 3. The molecule has 2 N–H and O–H groups in total. The van der Waals surface area contributed by atoms with E-state index in [1.54, 1.807) is 12.1 Å². The molecular weight excluding hydrogens is 362 g/mol. The summed E-state index contributed by atoms with van der Waals surface area (Å²) in [7, 11) is 0. The fourth-order valence-electron chi connectivity index (χ4n) is 2.33. The number of amides is 1. The summed E-state index contributed by atoms with van der Waals surface area (Å²) in [4.78, 5) is 16.6. The highest BCUT2D eigenvalue weighted by atomic mass is 19.4. The first-order valence-corrected chi connectivity index (χ1v) is 7.79. The minimum atomic E-state index is -4.45. The number of halogens is 4. The molecule has 1 aromatic heterocycles. The Bertz CT molecular complexity index is 956. The summed E-state index contributed by atoms with van der Waals surface area (Å²) in [5.74, 6) is -0.832. The molecule has 27 heavy (non-hydrogen) atoms. The number of nitrogens with one attached hydrogen (secondary N) is 2. The zero-order chi connectivity index (χ0) is 19.4. The maximum Gasteiger partial charge on any atom is 0.416 e. The van der Waals surface area contributed by atoms with Crippen molar-refractivity contribution in [1.29, 1.82) is 0 Å². The highest BCUT2D eigenvalue weighted by Crippen LogP contribution is 2.30. The van der Waals surface area contributed by atoms with Crippen molar-refractivity contribution < 1.29 is 22.4 Å². The van der Waals surface area contributed by atoms with Crippen LogP contribution in [0.3, 0.4) is 0 Å². The first-order chi connectivity index (χ1) is 12.8. The molecule has 3 rings (SSSR count). The van der Waals surface area contributed by atoms with Crippen LogP contribution in [0, 0.1) is 5.82 Å². The lowest BCUT2D eigenvalue weighted by Gasteiger charge is -2.12. The zero-order valence-electron chi connectivity index (χ0n) is 13.7.